The molecule has 1 amide bonds. The molecule has 2 aromatic carbocycles. The van der Waals surface area contributed by atoms with Crippen molar-refractivity contribution in [1.29, 1.82) is 0 Å². The van der Waals surface area contributed by atoms with Gasteiger partial charge in [-0.1, -0.05) is 0 Å². The lowest BCUT2D eigenvalue weighted by Gasteiger charge is -2.19. The van der Waals surface area contributed by atoms with Gasteiger partial charge in [0, 0.05) is 6.54 Å². The van der Waals surface area contributed by atoms with Gasteiger partial charge in [-0.3, -0.25) is 15.0 Å². The van der Waals surface area contributed by atoms with E-state index in [1.165, 1.54) is 0 Å². The first-order valence-corrected chi connectivity index (χ1v) is 10.4. The number of aliphatic imine (C=N–C) groups is 1. The van der Waals surface area contributed by atoms with Crippen LogP contribution in [0.1, 0.15) is 12.8 Å². The van der Waals surface area contributed by atoms with Crippen molar-refractivity contribution >= 4 is 21.9 Å². The van der Waals surface area contributed by atoms with Gasteiger partial charge in [0.2, 0.25) is 0 Å². The summed E-state index contributed by atoms with van der Waals surface area (Å²) in [6.07, 6.45) is 0.104. The summed E-state index contributed by atoms with van der Waals surface area (Å²) in [4.78, 5) is 14.7. The van der Waals surface area contributed by atoms with E-state index in [2.05, 4.69) is 4.99 Å². The van der Waals surface area contributed by atoms with E-state index in [0.717, 1.165) is 24.3 Å². The molecule has 0 unspecified atom stereocenters. The van der Waals surface area contributed by atoms with Gasteiger partial charge in [-0.2, -0.15) is 8.42 Å². The number of benzene rings is 2. The van der Waals surface area contributed by atoms with Gasteiger partial charge in [-0.05, 0) is 49.2 Å². The highest BCUT2D eigenvalue weighted by molar-refractivity contribution is 7.89. The highest BCUT2D eigenvalue weighted by Gasteiger charge is 2.33. The number of halogens is 3. The van der Waals surface area contributed by atoms with Gasteiger partial charge in [0.15, 0.2) is 23.3 Å². The predicted octanol–water partition coefficient (Wildman–Crippen LogP) is 1.18. The zero-order chi connectivity index (χ0) is 24.1. The van der Waals surface area contributed by atoms with E-state index >= 15 is 0 Å². The Hall–Kier alpha value is -3.36. The molecular formula is C18H20F3N5O5S. The van der Waals surface area contributed by atoms with Crippen molar-refractivity contribution in [3.05, 3.63) is 53.8 Å². The Morgan fingerprint density at radius 2 is 1.69 bits per heavy atom. The van der Waals surface area contributed by atoms with Gasteiger partial charge in [0.25, 0.3) is 15.9 Å². The summed E-state index contributed by atoms with van der Waals surface area (Å²) in [5, 5.41) is 9.86. The molecule has 174 valence electrons. The lowest BCUT2D eigenvalue weighted by Crippen LogP contribution is -2.45. The van der Waals surface area contributed by atoms with Gasteiger partial charge in [0.1, 0.15) is 11.6 Å². The Kier molecular flexibility index (Phi) is 8.02. The van der Waals surface area contributed by atoms with Gasteiger partial charge < -0.3 is 21.9 Å². The van der Waals surface area contributed by atoms with Crippen molar-refractivity contribution in [2.75, 3.05) is 6.54 Å². The predicted molar refractivity (Wildman–Crippen MR) is 107 cm³/mol. The van der Waals surface area contributed by atoms with E-state index in [9.17, 15) is 31.6 Å². The number of hydrogen-bond donors (Lipinski definition) is 4. The summed E-state index contributed by atoms with van der Waals surface area (Å²) in [5.41, 5.74) is 15.8. The van der Waals surface area contributed by atoms with Crippen molar-refractivity contribution in [2.24, 2.45) is 22.2 Å². The van der Waals surface area contributed by atoms with Crippen LogP contribution in [0.15, 0.2) is 46.3 Å². The first-order chi connectivity index (χ1) is 14.9. The minimum absolute atomic E-state index is 0.0879. The van der Waals surface area contributed by atoms with Crippen LogP contribution in [0.25, 0.3) is 0 Å². The van der Waals surface area contributed by atoms with Crippen molar-refractivity contribution in [3.63, 3.8) is 0 Å². The lowest BCUT2D eigenvalue weighted by atomic mass is 10.1. The molecule has 1 atom stereocenters. The smallest absolute Gasteiger partial charge is 0.289 e. The van der Waals surface area contributed by atoms with Gasteiger partial charge >= 0.3 is 0 Å². The van der Waals surface area contributed by atoms with Gasteiger partial charge in [-0.25, -0.2) is 13.2 Å². The fourth-order valence-corrected chi connectivity index (χ4v) is 3.48. The van der Waals surface area contributed by atoms with Crippen LogP contribution in [0.2, 0.25) is 0 Å². The van der Waals surface area contributed by atoms with Crippen LogP contribution in [0.4, 0.5) is 13.2 Å². The number of nitrogens with zero attached hydrogens (tertiary/aromatic N) is 2. The molecule has 0 aliphatic carbocycles. The minimum atomic E-state index is -5.06. The number of sulfonamides is 1. The zero-order valence-electron chi connectivity index (χ0n) is 16.4. The summed E-state index contributed by atoms with van der Waals surface area (Å²) in [6, 6.07) is 3.40. The Balaban J connectivity index is 2.19. The van der Waals surface area contributed by atoms with Crippen LogP contribution in [0.5, 0.6) is 11.5 Å². The molecule has 0 fully saturated rings. The number of ether oxygens (including phenoxy) is 1. The fraction of sp³-hybridized carbons (Fsp3) is 0.222. The molecule has 0 aromatic heterocycles. The van der Waals surface area contributed by atoms with Crippen LogP contribution in [0.3, 0.4) is 0 Å². The number of nitrogens with two attached hydrogens (primary N) is 3. The highest BCUT2D eigenvalue weighted by atomic mass is 32.2. The normalized spacial score (nSPS) is 12.2. The Bertz CT molecular complexity index is 1090. The molecule has 10 nitrogen and oxygen atoms in total. The van der Waals surface area contributed by atoms with Crippen molar-refractivity contribution in [1.82, 2.24) is 4.47 Å². The summed E-state index contributed by atoms with van der Waals surface area (Å²) in [7, 11) is -5.06. The molecule has 0 bridgehead atoms. The van der Waals surface area contributed by atoms with Crippen molar-refractivity contribution < 1.29 is 36.3 Å². The molecule has 32 heavy (non-hydrogen) atoms. The average Bonchev–Trinajstić information content (AvgIpc) is 2.73. The van der Waals surface area contributed by atoms with Crippen LogP contribution >= 0.6 is 0 Å². The molecule has 0 aliphatic rings. The number of carbonyl (C=O) groups excluding carboxylic acids is 1. The van der Waals surface area contributed by atoms with Crippen LogP contribution in [-0.2, 0) is 14.8 Å². The molecule has 0 heterocycles. The van der Waals surface area contributed by atoms with Crippen molar-refractivity contribution in [2.45, 2.75) is 23.8 Å². The summed E-state index contributed by atoms with van der Waals surface area (Å²) >= 11 is 0. The second-order valence-corrected chi connectivity index (χ2v) is 8.18. The molecule has 2 aromatic rings. The first kappa shape index (κ1) is 24.9. The summed E-state index contributed by atoms with van der Waals surface area (Å²) < 4.78 is 70.8. The third-order valence-corrected chi connectivity index (χ3v) is 5.47. The molecule has 0 saturated carbocycles. The highest BCUT2D eigenvalue weighted by Crippen LogP contribution is 2.31. The monoisotopic (exact) mass is 475 g/mol. The zero-order valence-corrected chi connectivity index (χ0v) is 17.2. The largest absolute Gasteiger partial charge is 0.451 e. The number of hydroxylamine groups is 1. The Morgan fingerprint density at radius 3 is 2.22 bits per heavy atom. The van der Waals surface area contributed by atoms with E-state index in [1.54, 1.807) is 0 Å². The summed E-state index contributed by atoms with van der Waals surface area (Å²) in [5.74, 6) is -6.21. The molecule has 2 rings (SSSR count). The van der Waals surface area contributed by atoms with E-state index in [1.807, 2.05) is 0 Å². The van der Waals surface area contributed by atoms with E-state index in [0.29, 0.717) is 12.1 Å². The van der Waals surface area contributed by atoms with Gasteiger partial charge in [-0.15, -0.1) is 4.47 Å². The summed E-state index contributed by atoms with van der Waals surface area (Å²) in [6.45, 7) is 0.105. The SMILES string of the molecule is NC(N)=NCCC[C@@H](N)C(=O)N(O)S(=O)(=O)c1cc(F)c(Oc2ccc(F)cc2)c(F)c1. The van der Waals surface area contributed by atoms with Crippen LogP contribution in [-0.4, -0.2) is 42.5 Å². The van der Waals surface area contributed by atoms with E-state index in [4.69, 9.17) is 21.9 Å². The molecular weight excluding hydrogens is 455 g/mol. The Morgan fingerprint density at radius 1 is 1.12 bits per heavy atom. The van der Waals surface area contributed by atoms with Crippen LogP contribution in [0, 0.1) is 17.5 Å². The maximum Gasteiger partial charge on any atom is 0.289 e. The lowest BCUT2D eigenvalue weighted by molar-refractivity contribution is -0.147. The second-order valence-electron chi connectivity index (χ2n) is 6.41. The number of guanidine groups is 1. The van der Waals surface area contributed by atoms with E-state index in [-0.39, 0.29) is 31.1 Å². The molecule has 0 radical (unpaired) electrons. The standard InChI is InChI=1S/C18H20F3N5O5S/c19-10-3-5-11(6-4-10)31-16-13(20)8-12(9-14(16)21)32(29,30)26(28)17(27)15(22)2-1-7-25-18(23)24/h3-6,8-9,15,28H,1-2,7,22H2,(H4,23,24,25)/t15-/m1/s1. The number of amides is 1. The Labute approximate surface area is 181 Å². The topological polar surface area (TPSA) is 174 Å². The van der Waals surface area contributed by atoms with Gasteiger partial charge in [0.05, 0.1) is 10.9 Å². The first-order valence-electron chi connectivity index (χ1n) is 8.95. The maximum atomic E-state index is 14.4. The molecule has 7 N–H and O–H groups in total. The maximum absolute atomic E-state index is 14.4. The van der Waals surface area contributed by atoms with E-state index < -0.39 is 54.5 Å². The minimum Gasteiger partial charge on any atom is -0.451 e. The quantitative estimate of drug-likeness (QED) is 0.137. The number of hydrogen-bond acceptors (Lipinski definition) is 7. The second kappa shape index (κ2) is 10.3. The number of rotatable bonds is 9. The average molecular weight is 475 g/mol. The molecule has 0 saturated heterocycles. The van der Waals surface area contributed by atoms with Crippen LogP contribution < -0.4 is 21.9 Å². The molecule has 0 spiro atoms. The number of carbonyl (C=O) groups is 1. The third-order valence-electron chi connectivity index (χ3n) is 4.00. The fourth-order valence-electron chi connectivity index (χ4n) is 2.41. The molecule has 14 heteroatoms. The van der Waals surface area contributed by atoms with Crippen molar-refractivity contribution in [3.8, 4) is 11.5 Å². The third kappa shape index (κ3) is 6.09. The molecule has 0 aliphatic heterocycles.